The number of esters is 1. The van der Waals surface area contributed by atoms with Gasteiger partial charge in [-0.2, -0.15) is 0 Å². The maximum Gasteiger partial charge on any atom is 0.346 e. The highest BCUT2D eigenvalue weighted by Crippen LogP contribution is 2.68. The quantitative estimate of drug-likeness (QED) is 0.308. The summed E-state index contributed by atoms with van der Waals surface area (Å²) in [6.07, 6.45) is 10.3. The normalized spacial score (nSPS) is 42.9. The molecule has 4 aliphatic rings. The first-order valence-electron chi connectivity index (χ1n) is 13.1. The molecule has 33 heavy (non-hydrogen) atoms. The number of ether oxygens (including phenoxy) is 1. The minimum absolute atomic E-state index is 0.166. The third-order valence-corrected chi connectivity index (χ3v) is 10.7. The van der Waals surface area contributed by atoms with Crippen molar-refractivity contribution in [2.45, 2.75) is 91.6 Å². The fourth-order valence-corrected chi connectivity index (χ4v) is 8.72. The number of allylic oxidation sites excluding steroid dienone is 2. The van der Waals surface area contributed by atoms with E-state index in [0.29, 0.717) is 40.6 Å². The largest absolute Gasteiger partial charge is 0.467 e. The number of carbonyl (C=O) groups is 2. The molecule has 0 radical (unpaired) electrons. The zero-order valence-electron chi connectivity index (χ0n) is 21.6. The Morgan fingerprint density at radius 3 is 2.55 bits per heavy atom. The number of fused-ring (bicyclic) bond motifs is 5. The summed E-state index contributed by atoms with van der Waals surface area (Å²) in [5.41, 5.74) is -0.0788. The van der Waals surface area contributed by atoms with Crippen molar-refractivity contribution in [2.75, 3.05) is 7.11 Å². The number of aliphatic hydroxyl groups is 1. The molecule has 0 aromatic heterocycles. The molecule has 4 aliphatic carbocycles. The van der Waals surface area contributed by atoms with E-state index >= 15 is 0 Å². The minimum atomic E-state index is -2.02. The maximum atomic E-state index is 13.1. The van der Waals surface area contributed by atoms with Crippen LogP contribution in [-0.4, -0.2) is 29.6 Å². The van der Waals surface area contributed by atoms with E-state index in [1.807, 2.05) is 0 Å². The third-order valence-electron chi connectivity index (χ3n) is 10.7. The van der Waals surface area contributed by atoms with Crippen LogP contribution in [-0.2, 0) is 14.3 Å². The molecule has 1 N–H and O–H groups in total. The summed E-state index contributed by atoms with van der Waals surface area (Å²) >= 11 is 0. The van der Waals surface area contributed by atoms with E-state index in [-0.39, 0.29) is 6.42 Å². The van der Waals surface area contributed by atoms with Crippen molar-refractivity contribution in [2.24, 2.45) is 46.3 Å². The molecule has 0 amide bonds. The second-order valence-electron chi connectivity index (χ2n) is 12.6. The Balaban J connectivity index is 1.55. The monoisotopic (exact) mass is 456 g/mol. The average Bonchev–Trinajstić information content (AvgIpc) is 3.23. The zero-order chi connectivity index (χ0) is 24.3. The van der Waals surface area contributed by atoms with Gasteiger partial charge in [-0.15, -0.1) is 0 Å². The van der Waals surface area contributed by atoms with Crippen LogP contribution in [0.1, 0.15) is 86.0 Å². The van der Waals surface area contributed by atoms with E-state index < -0.39 is 22.8 Å². The minimum Gasteiger partial charge on any atom is -0.467 e. The summed E-state index contributed by atoms with van der Waals surface area (Å²) in [7, 11) is 1.25. The number of rotatable bonds is 6. The Hall–Kier alpha value is -1.42. The fraction of sp³-hybridized carbons (Fsp3) is 0.793. The van der Waals surface area contributed by atoms with Gasteiger partial charge in [-0.25, -0.2) is 4.79 Å². The molecule has 184 valence electrons. The number of methoxy groups -OCH3 is 1. The topological polar surface area (TPSA) is 63.6 Å². The lowest BCUT2D eigenvalue weighted by atomic mass is 9.49. The lowest BCUT2D eigenvalue weighted by Crippen LogP contribution is -2.49. The molecule has 4 rings (SSSR count). The Morgan fingerprint density at radius 1 is 1.21 bits per heavy atom. The smallest absolute Gasteiger partial charge is 0.346 e. The maximum absolute atomic E-state index is 13.1. The first-order valence-corrected chi connectivity index (χ1v) is 13.1. The van der Waals surface area contributed by atoms with Crippen LogP contribution in [0, 0.1) is 46.3 Å². The number of ketones is 1. The van der Waals surface area contributed by atoms with Crippen molar-refractivity contribution < 1.29 is 19.4 Å². The van der Waals surface area contributed by atoms with Crippen LogP contribution < -0.4 is 0 Å². The Labute approximate surface area is 200 Å². The fourth-order valence-electron chi connectivity index (χ4n) is 8.72. The van der Waals surface area contributed by atoms with Crippen molar-refractivity contribution in [1.29, 1.82) is 0 Å². The molecule has 3 fully saturated rings. The van der Waals surface area contributed by atoms with Crippen molar-refractivity contribution in [3.05, 3.63) is 23.8 Å². The summed E-state index contributed by atoms with van der Waals surface area (Å²) in [4.78, 5) is 25.5. The van der Waals surface area contributed by atoms with Crippen molar-refractivity contribution >= 4 is 11.8 Å². The molecule has 0 aromatic rings. The van der Waals surface area contributed by atoms with E-state index in [4.69, 9.17) is 4.74 Å². The summed E-state index contributed by atoms with van der Waals surface area (Å²) in [5, 5.41) is 11.0. The Bertz CT molecular complexity index is 871. The predicted molar refractivity (Wildman–Crippen MR) is 130 cm³/mol. The molecule has 4 nitrogen and oxygen atoms in total. The predicted octanol–water partition coefficient (Wildman–Crippen LogP) is 5.89. The van der Waals surface area contributed by atoms with Crippen molar-refractivity contribution in [3.8, 4) is 0 Å². The highest BCUT2D eigenvalue weighted by Gasteiger charge is 2.67. The first kappa shape index (κ1) is 24.7. The first-order chi connectivity index (χ1) is 15.4. The lowest BCUT2D eigenvalue weighted by molar-refractivity contribution is -0.166. The van der Waals surface area contributed by atoms with Gasteiger partial charge in [0.15, 0.2) is 0 Å². The standard InChI is InChI=1S/C29H44O4/c1-17(2)18(3)8-9-19(4)21-12-13-22-20-10-11-24-25(30)29(32,26(31)33-7)16-28(24,6)23(20)14-15-27(21,22)5/h11,17,19-23,32H,3,8-10,12-16H2,1-2,4-7H3/t19?,20?,21-,22?,23?,27-,28-,29+/m1/s1. The number of Topliss-reactive ketones (excluding diaryl/α,β-unsaturated/α-hetero) is 1. The number of carbonyl (C=O) groups excluding carboxylic acids is 2. The van der Waals surface area contributed by atoms with Gasteiger partial charge in [-0.3, -0.25) is 4.79 Å². The third kappa shape index (κ3) is 3.58. The van der Waals surface area contributed by atoms with E-state index in [2.05, 4.69) is 47.3 Å². The molecule has 4 heteroatoms. The summed E-state index contributed by atoms with van der Waals surface area (Å²) < 4.78 is 4.83. The zero-order valence-corrected chi connectivity index (χ0v) is 21.6. The lowest BCUT2D eigenvalue weighted by Gasteiger charge is -2.55. The number of hydrogen-bond acceptors (Lipinski definition) is 4. The van der Waals surface area contributed by atoms with Crippen LogP contribution in [0.15, 0.2) is 23.8 Å². The van der Waals surface area contributed by atoms with Crippen LogP contribution >= 0.6 is 0 Å². The van der Waals surface area contributed by atoms with Gasteiger partial charge in [0, 0.05) is 17.4 Å². The van der Waals surface area contributed by atoms with Gasteiger partial charge in [-0.05, 0) is 85.9 Å². The van der Waals surface area contributed by atoms with Crippen LogP contribution in [0.25, 0.3) is 0 Å². The average molecular weight is 457 g/mol. The molecule has 0 saturated heterocycles. The molecule has 0 aromatic carbocycles. The Kier molecular flexibility index (Phi) is 6.26. The summed E-state index contributed by atoms with van der Waals surface area (Å²) in [5.74, 6) is 2.26. The molecular weight excluding hydrogens is 412 g/mol. The van der Waals surface area contributed by atoms with E-state index in [0.717, 1.165) is 25.2 Å². The summed E-state index contributed by atoms with van der Waals surface area (Å²) in [6, 6.07) is 0. The van der Waals surface area contributed by atoms with Gasteiger partial charge in [0.25, 0.3) is 0 Å². The molecule has 0 aliphatic heterocycles. The SMILES string of the molecule is C=C(CCC(C)[C@H]1CCC2C3CC=C4C(=O)[C@](O)(C(=O)OC)C[C@]4(C)C3CC[C@@]21C)C(C)C. The number of hydrogen-bond donors (Lipinski definition) is 1. The van der Waals surface area contributed by atoms with Crippen molar-refractivity contribution in [3.63, 3.8) is 0 Å². The van der Waals surface area contributed by atoms with Gasteiger partial charge in [0.2, 0.25) is 11.4 Å². The van der Waals surface area contributed by atoms with Crippen LogP contribution in [0.4, 0.5) is 0 Å². The molecule has 8 atom stereocenters. The van der Waals surface area contributed by atoms with E-state index in [9.17, 15) is 14.7 Å². The van der Waals surface area contributed by atoms with Crippen LogP contribution in [0.2, 0.25) is 0 Å². The molecule has 4 unspecified atom stereocenters. The van der Waals surface area contributed by atoms with Crippen molar-refractivity contribution in [1.82, 2.24) is 0 Å². The second-order valence-corrected chi connectivity index (χ2v) is 12.6. The molecule has 3 saturated carbocycles. The van der Waals surface area contributed by atoms with E-state index in [1.165, 1.54) is 38.4 Å². The molecule has 0 heterocycles. The Morgan fingerprint density at radius 2 is 1.91 bits per heavy atom. The van der Waals surface area contributed by atoms with Gasteiger partial charge in [0.05, 0.1) is 7.11 Å². The van der Waals surface area contributed by atoms with Gasteiger partial charge >= 0.3 is 5.97 Å². The van der Waals surface area contributed by atoms with E-state index in [1.54, 1.807) is 0 Å². The molecule has 0 spiro atoms. The van der Waals surface area contributed by atoms with Gasteiger partial charge < -0.3 is 9.84 Å². The molecular formula is C29H44O4. The highest BCUT2D eigenvalue weighted by atomic mass is 16.5. The van der Waals surface area contributed by atoms with Gasteiger partial charge in [-0.1, -0.05) is 52.8 Å². The summed E-state index contributed by atoms with van der Waals surface area (Å²) in [6.45, 7) is 15.9. The molecule has 0 bridgehead atoms. The van der Waals surface area contributed by atoms with Crippen LogP contribution in [0.5, 0.6) is 0 Å². The van der Waals surface area contributed by atoms with Crippen LogP contribution in [0.3, 0.4) is 0 Å². The highest BCUT2D eigenvalue weighted by molar-refractivity contribution is 6.18. The second kappa shape index (κ2) is 8.36. The van der Waals surface area contributed by atoms with Gasteiger partial charge in [0.1, 0.15) is 0 Å².